The van der Waals surface area contributed by atoms with E-state index in [0.717, 1.165) is 22.0 Å². The van der Waals surface area contributed by atoms with E-state index in [0.29, 0.717) is 18.0 Å². The number of aryl methyl sites for hydroxylation is 1. The Kier molecular flexibility index (Phi) is 7.99. The number of carbonyl (C=O) groups excluding carboxylic acids is 2. The first-order chi connectivity index (χ1) is 15.4. The highest BCUT2D eigenvalue weighted by atomic mass is 32.1. The lowest BCUT2D eigenvalue weighted by atomic mass is 10.2. The average Bonchev–Trinajstić information content (AvgIpc) is 3.21. The Labute approximate surface area is 191 Å². The van der Waals surface area contributed by atoms with E-state index in [9.17, 15) is 9.59 Å². The van der Waals surface area contributed by atoms with Crippen molar-refractivity contribution < 1.29 is 19.1 Å². The van der Waals surface area contributed by atoms with Crippen LogP contribution in [0.1, 0.15) is 16.3 Å². The molecule has 2 aromatic carbocycles. The van der Waals surface area contributed by atoms with Crippen LogP contribution in [-0.4, -0.2) is 42.4 Å². The minimum atomic E-state index is -0.249. The third kappa shape index (κ3) is 7.24. The highest BCUT2D eigenvalue weighted by Gasteiger charge is 2.05. The second-order valence-corrected chi connectivity index (χ2v) is 8.20. The van der Waals surface area contributed by atoms with Gasteiger partial charge in [-0.1, -0.05) is 12.1 Å². The Morgan fingerprint density at radius 3 is 2.31 bits per heavy atom. The summed E-state index contributed by atoms with van der Waals surface area (Å²) in [4.78, 5) is 29.6. The van der Waals surface area contributed by atoms with Crippen molar-refractivity contribution in [3.05, 3.63) is 76.3 Å². The van der Waals surface area contributed by atoms with Gasteiger partial charge >= 0.3 is 0 Å². The first-order valence-corrected chi connectivity index (χ1v) is 10.8. The number of ether oxygens (including phenoxy) is 2. The predicted octanol–water partition coefficient (Wildman–Crippen LogP) is 4.15. The maximum Gasteiger partial charge on any atom is 0.259 e. The fourth-order valence-electron chi connectivity index (χ4n) is 2.57. The lowest BCUT2D eigenvalue weighted by Gasteiger charge is -2.11. The highest BCUT2D eigenvalue weighted by Crippen LogP contribution is 2.17. The monoisotopic (exact) mass is 451 g/mol. The second-order valence-electron chi connectivity index (χ2n) is 7.14. The van der Waals surface area contributed by atoms with E-state index < -0.39 is 0 Å². The molecule has 8 heteroatoms. The Morgan fingerprint density at radius 2 is 1.69 bits per heavy atom. The van der Waals surface area contributed by atoms with Crippen LogP contribution in [0.3, 0.4) is 0 Å². The fourth-order valence-corrected chi connectivity index (χ4v) is 3.17. The van der Waals surface area contributed by atoms with E-state index >= 15 is 0 Å². The first kappa shape index (κ1) is 23.0. The summed E-state index contributed by atoms with van der Waals surface area (Å²) in [6.45, 7) is 2.36. The van der Waals surface area contributed by atoms with Crippen LogP contribution in [0, 0.1) is 6.92 Å². The van der Waals surface area contributed by atoms with Crippen LogP contribution in [0.5, 0.6) is 11.5 Å². The Hall–Kier alpha value is -3.65. The number of nitrogens with zero attached hydrogens (tertiary/aromatic N) is 2. The predicted molar refractivity (Wildman–Crippen MR) is 126 cm³/mol. The average molecular weight is 452 g/mol. The van der Waals surface area contributed by atoms with Gasteiger partial charge in [0.25, 0.3) is 5.91 Å². The van der Waals surface area contributed by atoms with E-state index in [1.165, 1.54) is 11.0 Å². The quantitative estimate of drug-likeness (QED) is 0.495. The van der Waals surface area contributed by atoms with Gasteiger partial charge in [-0.05, 0) is 55.0 Å². The minimum absolute atomic E-state index is 0.0319. The molecule has 0 fully saturated rings. The lowest BCUT2D eigenvalue weighted by Crippen LogP contribution is -2.27. The van der Waals surface area contributed by atoms with E-state index in [1.54, 1.807) is 55.8 Å². The number of thiazole rings is 1. The molecule has 32 heavy (non-hydrogen) atoms. The van der Waals surface area contributed by atoms with E-state index in [1.807, 2.05) is 36.6 Å². The number of aromatic nitrogens is 1. The third-order valence-electron chi connectivity index (χ3n) is 4.34. The molecule has 3 aromatic rings. The lowest BCUT2D eigenvalue weighted by molar-refractivity contribution is -0.130. The molecule has 0 bridgehead atoms. The molecule has 0 aliphatic carbocycles. The maximum absolute atomic E-state index is 12.2. The van der Waals surface area contributed by atoms with Gasteiger partial charge in [-0.25, -0.2) is 4.98 Å². The molecule has 0 spiro atoms. The molecular weight excluding hydrogens is 426 g/mol. The second kappa shape index (κ2) is 11.1. The molecular formula is C24H25N3O4S. The molecule has 2 amide bonds. The van der Waals surface area contributed by atoms with Crippen molar-refractivity contribution in [2.75, 3.05) is 26.0 Å². The molecule has 7 nitrogen and oxygen atoms in total. The van der Waals surface area contributed by atoms with Crippen molar-refractivity contribution >= 4 is 34.9 Å². The Balaban J connectivity index is 1.45. The summed E-state index contributed by atoms with van der Waals surface area (Å²) in [7, 11) is 3.34. The number of anilines is 1. The summed E-state index contributed by atoms with van der Waals surface area (Å²) < 4.78 is 11.1. The number of hydrogen-bond donors (Lipinski definition) is 1. The fraction of sp³-hybridized carbons (Fsp3) is 0.208. The topological polar surface area (TPSA) is 80.8 Å². The number of nitrogens with one attached hydrogen (secondary N) is 1. The number of rotatable bonds is 9. The number of amides is 2. The van der Waals surface area contributed by atoms with Gasteiger partial charge in [0, 0.05) is 31.2 Å². The summed E-state index contributed by atoms with van der Waals surface area (Å²) in [6, 6.07) is 14.3. The van der Waals surface area contributed by atoms with Gasteiger partial charge < -0.3 is 19.7 Å². The molecule has 3 rings (SSSR count). The summed E-state index contributed by atoms with van der Waals surface area (Å²) in [6.07, 6.45) is 3.20. The molecule has 166 valence electrons. The molecule has 0 aliphatic rings. The molecule has 1 heterocycles. The summed E-state index contributed by atoms with van der Waals surface area (Å²) in [5, 5.41) is 5.79. The molecule has 0 unspecified atom stereocenters. The van der Waals surface area contributed by atoms with Crippen LogP contribution in [0.2, 0.25) is 0 Å². The largest absolute Gasteiger partial charge is 0.487 e. The molecule has 1 aromatic heterocycles. The Morgan fingerprint density at radius 1 is 1.03 bits per heavy atom. The van der Waals surface area contributed by atoms with E-state index in [-0.39, 0.29) is 18.4 Å². The van der Waals surface area contributed by atoms with Crippen LogP contribution in [-0.2, 0) is 16.2 Å². The van der Waals surface area contributed by atoms with Crippen molar-refractivity contribution in [2.45, 2.75) is 13.5 Å². The standard InChI is InChI=1S/C24H25N3O4S/c1-17-25-20(16-32-17)14-30-21-9-4-18(5-10-21)6-13-23(28)26-19-7-11-22(12-8-19)31-15-24(29)27(2)3/h4-13,16H,14-15H2,1-3H3,(H,26,28)/b13-6+. The van der Waals surface area contributed by atoms with Gasteiger partial charge in [0.1, 0.15) is 18.1 Å². The van der Waals surface area contributed by atoms with Crippen molar-refractivity contribution in [1.29, 1.82) is 0 Å². The van der Waals surface area contributed by atoms with Gasteiger partial charge in [-0.15, -0.1) is 11.3 Å². The van der Waals surface area contributed by atoms with Crippen molar-refractivity contribution in [3.63, 3.8) is 0 Å². The number of likely N-dealkylation sites (N-methyl/N-ethyl adjacent to an activating group) is 1. The zero-order valence-electron chi connectivity index (χ0n) is 18.2. The first-order valence-electron chi connectivity index (χ1n) is 9.95. The molecule has 1 N–H and O–H groups in total. The SMILES string of the molecule is Cc1nc(COc2ccc(/C=C/C(=O)Nc3ccc(OCC(=O)N(C)C)cc3)cc2)cs1. The van der Waals surface area contributed by atoms with Crippen LogP contribution in [0.15, 0.2) is 60.0 Å². The van der Waals surface area contributed by atoms with Crippen molar-refractivity contribution in [1.82, 2.24) is 9.88 Å². The van der Waals surface area contributed by atoms with Crippen LogP contribution >= 0.6 is 11.3 Å². The minimum Gasteiger partial charge on any atom is -0.487 e. The van der Waals surface area contributed by atoms with Gasteiger partial charge in [-0.2, -0.15) is 0 Å². The van der Waals surface area contributed by atoms with Crippen molar-refractivity contribution in [3.8, 4) is 11.5 Å². The molecule has 0 aliphatic heterocycles. The number of hydrogen-bond acceptors (Lipinski definition) is 6. The summed E-state index contributed by atoms with van der Waals surface area (Å²) in [5.74, 6) is 0.926. The van der Waals surface area contributed by atoms with E-state index in [2.05, 4.69) is 10.3 Å². The van der Waals surface area contributed by atoms with E-state index in [4.69, 9.17) is 9.47 Å². The zero-order chi connectivity index (χ0) is 22.9. The summed E-state index contributed by atoms with van der Waals surface area (Å²) >= 11 is 1.60. The molecule has 0 saturated heterocycles. The summed E-state index contributed by atoms with van der Waals surface area (Å²) in [5.41, 5.74) is 2.42. The zero-order valence-corrected chi connectivity index (χ0v) is 19.0. The smallest absolute Gasteiger partial charge is 0.259 e. The molecule has 0 saturated carbocycles. The van der Waals surface area contributed by atoms with Gasteiger partial charge in [0.2, 0.25) is 5.91 Å². The number of benzene rings is 2. The Bertz CT molecular complexity index is 1070. The molecule has 0 radical (unpaired) electrons. The van der Waals surface area contributed by atoms with Gasteiger partial charge in [-0.3, -0.25) is 9.59 Å². The van der Waals surface area contributed by atoms with Crippen LogP contribution in [0.4, 0.5) is 5.69 Å². The van der Waals surface area contributed by atoms with Crippen LogP contribution < -0.4 is 14.8 Å². The number of carbonyl (C=O) groups is 2. The third-order valence-corrected chi connectivity index (χ3v) is 5.17. The maximum atomic E-state index is 12.2. The molecule has 0 atom stereocenters. The van der Waals surface area contributed by atoms with Gasteiger partial charge in [0.15, 0.2) is 6.61 Å². The normalized spacial score (nSPS) is 10.7. The van der Waals surface area contributed by atoms with Gasteiger partial charge in [0.05, 0.1) is 10.7 Å². The van der Waals surface area contributed by atoms with Crippen molar-refractivity contribution in [2.24, 2.45) is 0 Å². The van der Waals surface area contributed by atoms with Crippen LogP contribution in [0.25, 0.3) is 6.08 Å². The highest BCUT2D eigenvalue weighted by molar-refractivity contribution is 7.09.